The van der Waals surface area contributed by atoms with Gasteiger partial charge in [-0.1, -0.05) is 12.1 Å². The highest BCUT2D eigenvalue weighted by Crippen LogP contribution is 2.46. The zero-order chi connectivity index (χ0) is 18.0. The van der Waals surface area contributed by atoms with E-state index in [-0.39, 0.29) is 48.7 Å². The molecule has 2 aromatic carbocycles. The number of carbonyl (C=O) groups is 2. The maximum Gasteiger partial charge on any atom is 0.204 e. The van der Waals surface area contributed by atoms with Crippen molar-refractivity contribution in [3.63, 3.8) is 0 Å². The lowest BCUT2D eigenvalue weighted by Gasteiger charge is -2.21. The van der Waals surface area contributed by atoms with E-state index in [0.717, 1.165) is 6.07 Å². The summed E-state index contributed by atoms with van der Waals surface area (Å²) in [6.07, 6.45) is -0.439. The van der Waals surface area contributed by atoms with Gasteiger partial charge in [0.05, 0.1) is 0 Å². The van der Waals surface area contributed by atoms with Crippen LogP contribution in [-0.2, 0) is 0 Å². The number of hydrogen-bond acceptors (Lipinski definition) is 6. The van der Waals surface area contributed by atoms with Crippen molar-refractivity contribution < 1.29 is 33.7 Å². The van der Waals surface area contributed by atoms with Crippen molar-refractivity contribution in [1.29, 1.82) is 0 Å². The Morgan fingerprint density at radius 1 is 1.04 bits per heavy atom. The maximum absolute atomic E-state index is 13.1. The number of ether oxygens (including phenoxy) is 2. The second-order valence-corrected chi connectivity index (χ2v) is 5.50. The average Bonchev–Trinajstić information content (AvgIpc) is 2.59. The van der Waals surface area contributed by atoms with Crippen LogP contribution in [0.15, 0.2) is 30.3 Å². The molecule has 0 radical (unpaired) electrons. The molecular formula is C18H15FO6. The van der Waals surface area contributed by atoms with E-state index in [1.165, 1.54) is 24.3 Å². The predicted molar refractivity (Wildman–Crippen MR) is 85.1 cm³/mol. The van der Waals surface area contributed by atoms with E-state index < -0.39 is 28.9 Å². The van der Waals surface area contributed by atoms with Crippen molar-refractivity contribution in [2.75, 3.05) is 13.2 Å². The Bertz CT molecular complexity index is 846. The lowest BCUT2D eigenvalue weighted by atomic mass is 9.99. The first kappa shape index (κ1) is 16.8. The smallest absolute Gasteiger partial charge is 0.204 e. The summed E-state index contributed by atoms with van der Waals surface area (Å²) < 4.78 is 23.6. The molecule has 0 saturated heterocycles. The molecule has 0 spiro atoms. The van der Waals surface area contributed by atoms with Crippen LogP contribution in [0.4, 0.5) is 4.39 Å². The number of Topliss-reactive ketones (excluding diaryl/α,β-unsaturated/α-hetero) is 2. The number of ketones is 2. The van der Waals surface area contributed by atoms with Crippen molar-refractivity contribution in [2.45, 2.75) is 12.8 Å². The van der Waals surface area contributed by atoms with Crippen LogP contribution in [-0.4, -0.2) is 35.0 Å². The number of phenols is 2. The summed E-state index contributed by atoms with van der Waals surface area (Å²) in [5, 5.41) is 20.2. The molecule has 1 heterocycles. The number of hydrogen-bond donors (Lipinski definition) is 2. The number of aromatic hydroxyl groups is 2. The molecular weight excluding hydrogens is 331 g/mol. The van der Waals surface area contributed by atoms with Crippen molar-refractivity contribution in [3.8, 4) is 23.0 Å². The van der Waals surface area contributed by atoms with Crippen LogP contribution < -0.4 is 9.47 Å². The van der Waals surface area contributed by atoms with Crippen LogP contribution in [0.3, 0.4) is 0 Å². The molecule has 7 heteroatoms. The number of fused-ring (bicyclic) bond motifs is 1. The molecule has 1 aliphatic rings. The molecule has 0 fully saturated rings. The predicted octanol–water partition coefficient (Wildman–Crippen LogP) is 2.85. The van der Waals surface area contributed by atoms with E-state index in [1.54, 1.807) is 0 Å². The Morgan fingerprint density at radius 3 is 2.52 bits per heavy atom. The molecule has 1 aliphatic heterocycles. The normalized spacial score (nSPS) is 12.7. The van der Waals surface area contributed by atoms with E-state index >= 15 is 0 Å². The maximum atomic E-state index is 13.1. The van der Waals surface area contributed by atoms with Gasteiger partial charge in [0.15, 0.2) is 23.1 Å². The summed E-state index contributed by atoms with van der Waals surface area (Å²) >= 11 is 0. The van der Waals surface area contributed by atoms with Gasteiger partial charge < -0.3 is 19.7 Å². The highest BCUT2D eigenvalue weighted by molar-refractivity contribution is 6.05. The molecule has 0 amide bonds. The van der Waals surface area contributed by atoms with E-state index in [2.05, 4.69) is 0 Å². The van der Waals surface area contributed by atoms with Gasteiger partial charge in [-0.05, 0) is 12.1 Å². The molecule has 0 aliphatic carbocycles. The molecule has 25 heavy (non-hydrogen) atoms. The molecule has 2 N–H and O–H groups in total. The van der Waals surface area contributed by atoms with E-state index in [9.17, 15) is 24.2 Å². The molecule has 0 aromatic heterocycles. The van der Waals surface area contributed by atoms with Crippen molar-refractivity contribution >= 4 is 11.6 Å². The van der Waals surface area contributed by atoms with E-state index in [4.69, 9.17) is 9.47 Å². The Balaban J connectivity index is 1.76. The van der Waals surface area contributed by atoms with Gasteiger partial charge in [0.25, 0.3) is 0 Å². The lowest BCUT2D eigenvalue weighted by Crippen LogP contribution is -2.16. The molecule has 0 unspecified atom stereocenters. The Morgan fingerprint density at radius 2 is 1.76 bits per heavy atom. The fourth-order valence-corrected chi connectivity index (χ4v) is 2.59. The minimum atomic E-state index is -0.628. The van der Waals surface area contributed by atoms with Crippen LogP contribution in [0, 0.1) is 5.82 Å². The van der Waals surface area contributed by atoms with Crippen LogP contribution >= 0.6 is 0 Å². The zero-order valence-corrected chi connectivity index (χ0v) is 13.1. The molecule has 0 bridgehead atoms. The topological polar surface area (TPSA) is 93.1 Å². The van der Waals surface area contributed by atoms with Gasteiger partial charge in [0.1, 0.15) is 30.3 Å². The average molecular weight is 346 g/mol. The molecule has 2 aromatic rings. The second kappa shape index (κ2) is 6.80. The van der Waals surface area contributed by atoms with E-state index in [1.807, 2.05) is 0 Å². The quantitative estimate of drug-likeness (QED) is 0.809. The third-order valence-corrected chi connectivity index (χ3v) is 3.79. The minimum absolute atomic E-state index is 0.0103. The number of halogens is 1. The van der Waals surface area contributed by atoms with Gasteiger partial charge in [0.2, 0.25) is 5.75 Å². The molecule has 0 saturated carbocycles. The summed E-state index contributed by atoms with van der Waals surface area (Å²) in [4.78, 5) is 24.4. The van der Waals surface area contributed by atoms with Gasteiger partial charge >= 0.3 is 0 Å². The summed E-state index contributed by atoms with van der Waals surface area (Å²) in [6.45, 7) is 0.471. The van der Waals surface area contributed by atoms with Crippen molar-refractivity contribution in [3.05, 3.63) is 47.3 Å². The van der Waals surface area contributed by atoms with Crippen molar-refractivity contribution in [2.24, 2.45) is 0 Å². The van der Waals surface area contributed by atoms with Gasteiger partial charge in [-0.25, -0.2) is 4.39 Å². The van der Waals surface area contributed by atoms with Crippen LogP contribution in [0.25, 0.3) is 0 Å². The summed E-state index contributed by atoms with van der Waals surface area (Å²) in [6, 6.07) is 6.35. The Hall–Kier alpha value is -3.09. The molecule has 6 nitrogen and oxygen atoms in total. The third kappa shape index (κ3) is 3.40. The standard InChI is InChI=1S/C18H15FO6/c19-11-3-1-2-10(8-11)12(20)4-5-13(21)16-14(22)9-15-18(17(16)23)25-7-6-24-15/h1-3,8-9,22-23H,4-7H2. The lowest BCUT2D eigenvalue weighted by molar-refractivity contribution is 0.0912. The SMILES string of the molecule is O=C(CCC(=O)c1c(O)cc2c(c1O)OCCO2)c1cccc(F)c1. The number of rotatable bonds is 5. The van der Waals surface area contributed by atoms with Crippen LogP contribution in [0.1, 0.15) is 33.6 Å². The fraction of sp³-hybridized carbons (Fsp3) is 0.222. The molecule has 0 atom stereocenters. The van der Waals surface area contributed by atoms with Crippen LogP contribution in [0.2, 0.25) is 0 Å². The summed E-state index contributed by atoms with van der Waals surface area (Å²) in [7, 11) is 0. The van der Waals surface area contributed by atoms with Gasteiger partial charge in [0, 0.05) is 24.5 Å². The van der Waals surface area contributed by atoms with Crippen LogP contribution in [0.5, 0.6) is 23.0 Å². The van der Waals surface area contributed by atoms with Crippen molar-refractivity contribution in [1.82, 2.24) is 0 Å². The largest absolute Gasteiger partial charge is 0.507 e. The monoisotopic (exact) mass is 346 g/mol. The highest BCUT2D eigenvalue weighted by Gasteiger charge is 2.26. The highest BCUT2D eigenvalue weighted by atomic mass is 19.1. The van der Waals surface area contributed by atoms with Gasteiger partial charge in [-0.15, -0.1) is 0 Å². The first-order chi connectivity index (χ1) is 12.0. The minimum Gasteiger partial charge on any atom is -0.507 e. The first-order valence-corrected chi connectivity index (χ1v) is 7.64. The van der Waals surface area contributed by atoms with Gasteiger partial charge in [-0.2, -0.15) is 0 Å². The number of benzene rings is 2. The Kier molecular flexibility index (Phi) is 4.56. The number of carbonyl (C=O) groups excluding carboxylic acids is 2. The zero-order valence-electron chi connectivity index (χ0n) is 13.1. The Labute approximate surface area is 142 Å². The summed E-state index contributed by atoms with van der Waals surface area (Å²) in [5.74, 6) is -2.42. The number of phenolic OH excluding ortho intramolecular Hbond substituents is 2. The molecule has 130 valence electrons. The third-order valence-electron chi connectivity index (χ3n) is 3.79. The van der Waals surface area contributed by atoms with E-state index in [0.29, 0.717) is 0 Å². The molecule has 3 rings (SSSR count). The summed E-state index contributed by atoms with van der Waals surface area (Å²) in [5.41, 5.74) is -0.167. The van der Waals surface area contributed by atoms with Gasteiger partial charge in [-0.3, -0.25) is 9.59 Å². The fourth-order valence-electron chi connectivity index (χ4n) is 2.59. The first-order valence-electron chi connectivity index (χ1n) is 7.64. The second-order valence-electron chi connectivity index (χ2n) is 5.50.